The van der Waals surface area contributed by atoms with Gasteiger partial charge in [-0.3, -0.25) is 14.1 Å². The molecule has 1 aliphatic heterocycles. The minimum absolute atomic E-state index is 0.00809. The summed E-state index contributed by atoms with van der Waals surface area (Å²) in [6.07, 6.45) is 2.01. The van der Waals surface area contributed by atoms with E-state index in [4.69, 9.17) is 9.26 Å². The molecule has 222 valence electrons. The van der Waals surface area contributed by atoms with E-state index in [9.17, 15) is 28.7 Å². The van der Waals surface area contributed by atoms with Crippen LogP contribution in [-0.4, -0.2) is 47.2 Å². The molecule has 14 nitrogen and oxygen atoms in total. The van der Waals surface area contributed by atoms with Gasteiger partial charge in [0.1, 0.15) is 17.1 Å². The lowest BCUT2D eigenvalue weighted by molar-refractivity contribution is 0.0695. The van der Waals surface area contributed by atoms with E-state index in [-0.39, 0.29) is 35.8 Å². The van der Waals surface area contributed by atoms with Gasteiger partial charge in [-0.1, -0.05) is 17.3 Å². The minimum Gasteiger partial charge on any atom is -0.483 e. The summed E-state index contributed by atoms with van der Waals surface area (Å²) in [6, 6.07) is 8.99. The number of carboxylic acid groups (broad SMARTS) is 1. The van der Waals surface area contributed by atoms with Gasteiger partial charge >= 0.3 is 11.7 Å². The topological polar surface area (TPSA) is 183 Å². The number of carboxylic acids is 1. The molecule has 44 heavy (non-hydrogen) atoms. The van der Waals surface area contributed by atoms with E-state index in [1.54, 1.807) is 31.2 Å². The maximum absolute atomic E-state index is 14.6. The van der Waals surface area contributed by atoms with Gasteiger partial charge in [0.05, 0.1) is 23.5 Å². The summed E-state index contributed by atoms with van der Waals surface area (Å²) in [4.78, 5) is 54.4. The van der Waals surface area contributed by atoms with Crippen molar-refractivity contribution >= 4 is 23.4 Å². The highest BCUT2D eigenvalue weighted by Gasteiger charge is 2.29. The third kappa shape index (κ3) is 4.36. The minimum atomic E-state index is -1.02. The van der Waals surface area contributed by atoms with Crippen molar-refractivity contribution in [2.45, 2.75) is 39.0 Å². The number of rotatable bonds is 6. The van der Waals surface area contributed by atoms with Crippen LogP contribution < -0.4 is 21.1 Å². The van der Waals surface area contributed by atoms with Crippen molar-refractivity contribution < 1.29 is 33.1 Å². The summed E-state index contributed by atoms with van der Waals surface area (Å²) < 4.78 is 27.2. The maximum atomic E-state index is 14.6. The molecule has 7 rings (SSSR count). The first-order valence-corrected chi connectivity index (χ1v) is 13.5. The lowest BCUT2D eigenvalue weighted by Crippen LogP contribution is -2.31. The molecule has 2 amide bonds. The molecule has 0 fully saturated rings. The Labute approximate surface area is 246 Å². The van der Waals surface area contributed by atoms with Gasteiger partial charge in [-0.2, -0.15) is 5.10 Å². The summed E-state index contributed by atoms with van der Waals surface area (Å²) in [5, 5.41) is 22.7. The molecule has 3 aromatic heterocycles. The molecule has 5 aromatic rings. The average molecular weight is 600 g/mol. The zero-order chi connectivity index (χ0) is 30.7. The van der Waals surface area contributed by atoms with Crippen LogP contribution in [0.5, 0.6) is 5.75 Å². The number of nitrogens with zero attached hydrogens (tertiary/aromatic N) is 5. The smallest absolute Gasteiger partial charge is 0.446 e. The van der Waals surface area contributed by atoms with Crippen LogP contribution in [0.3, 0.4) is 0 Å². The molecule has 4 heterocycles. The Morgan fingerprint density at radius 1 is 1.16 bits per heavy atom. The van der Waals surface area contributed by atoms with Crippen LogP contribution >= 0.6 is 0 Å². The number of benzene rings is 2. The van der Waals surface area contributed by atoms with Crippen molar-refractivity contribution in [1.29, 1.82) is 0 Å². The van der Waals surface area contributed by atoms with Crippen LogP contribution in [0.2, 0.25) is 0 Å². The second-order valence-corrected chi connectivity index (χ2v) is 10.4. The average Bonchev–Trinajstić information content (AvgIpc) is 3.72. The van der Waals surface area contributed by atoms with E-state index in [1.165, 1.54) is 16.7 Å². The van der Waals surface area contributed by atoms with Crippen molar-refractivity contribution in [2.75, 3.05) is 0 Å². The van der Waals surface area contributed by atoms with Crippen molar-refractivity contribution in [3.8, 4) is 11.4 Å². The summed E-state index contributed by atoms with van der Waals surface area (Å²) >= 11 is 0. The Morgan fingerprint density at radius 2 is 2.00 bits per heavy atom. The van der Waals surface area contributed by atoms with Crippen molar-refractivity contribution in [2.24, 2.45) is 0 Å². The quantitative estimate of drug-likeness (QED) is 0.262. The highest BCUT2D eigenvalue weighted by molar-refractivity contribution is 5.98. The number of ether oxygens (including phenoxy) is 1. The fourth-order valence-corrected chi connectivity index (χ4v) is 5.70. The molecular weight excluding hydrogens is 577 g/mol. The second kappa shape index (κ2) is 10.1. The van der Waals surface area contributed by atoms with E-state index in [2.05, 4.69) is 25.9 Å². The molecule has 0 spiro atoms. The van der Waals surface area contributed by atoms with Crippen LogP contribution in [0, 0.1) is 12.7 Å². The van der Waals surface area contributed by atoms with Crippen LogP contribution in [-0.2, 0) is 19.6 Å². The number of hydrogen-bond acceptors (Lipinski definition) is 9. The number of halogens is 1. The Kier molecular flexibility index (Phi) is 6.23. The number of aromatic carboxylic acids is 1. The Morgan fingerprint density at radius 3 is 2.82 bits per heavy atom. The largest absolute Gasteiger partial charge is 0.483 e. The van der Waals surface area contributed by atoms with Gasteiger partial charge < -0.3 is 20.5 Å². The fourth-order valence-electron chi connectivity index (χ4n) is 5.70. The lowest BCUT2D eigenvalue weighted by atomic mass is 9.98. The summed E-state index contributed by atoms with van der Waals surface area (Å²) in [5.74, 6) is -3.06. The van der Waals surface area contributed by atoms with Gasteiger partial charge in [-0.05, 0) is 60.2 Å². The van der Waals surface area contributed by atoms with E-state index in [0.29, 0.717) is 41.2 Å². The zero-order valence-electron chi connectivity index (χ0n) is 23.0. The molecule has 1 atom stereocenters. The monoisotopic (exact) mass is 599 g/mol. The number of nitrogens with one attached hydrogen (secondary N) is 2. The van der Waals surface area contributed by atoms with Gasteiger partial charge in [-0.25, -0.2) is 28.0 Å². The van der Waals surface area contributed by atoms with Crippen molar-refractivity contribution in [3.05, 3.63) is 104 Å². The number of hydrogen-bond donors (Lipinski definition) is 3. The summed E-state index contributed by atoms with van der Waals surface area (Å²) in [6.45, 7) is 1.82. The first kappa shape index (κ1) is 27.0. The van der Waals surface area contributed by atoms with Gasteiger partial charge in [0.25, 0.3) is 11.8 Å². The third-order valence-electron chi connectivity index (χ3n) is 7.87. The van der Waals surface area contributed by atoms with E-state index in [1.807, 2.05) is 0 Å². The van der Waals surface area contributed by atoms with Gasteiger partial charge in [-0.15, -0.1) is 0 Å². The normalized spacial score (nSPS) is 14.8. The van der Waals surface area contributed by atoms with Crippen LogP contribution in [0.1, 0.15) is 71.9 Å². The number of amides is 2. The van der Waals surface area contributed by atoms with E-state index < -0.39 is 35.4 Å². The zero-order valence-corrected chi connectivity index (χ0v) is 23.0. The van der Waals surface area contributed by atoms with Gasteiger partial charge in [0, 0.05) is 12.6 Å². The molecule has 0 saturated heterocycles. The number of carbonyl (C=O) groups excluding carboxylic acids is 2. The Hall–Kier alpha value is -5.86. The van der Waals surface area contributed by atoms with Crippen molar-refractivity contribution in [1.82, 2.24) is 35.0 Å². The Balaban J connectivity index is 1.13. The molecule has 2 aromatic carbocycles. The molecule has 0 bridgehead atoms. The van der Waals surface area contributed by atoms with Gasteiger partial charge in [0.2, 0.25) is 0 Å². The lowest BCUT2D eigenvalue weighted by Gasteiger charge is -2.18. The third-order valence-corrected chi connectivity index (χ3v) is 7.87. The summed E-state index contributed by atoms with van der Waals surface area (Å²) in [5.41, 5.74) is 2.90. The molecule has 0 radical (unpaired) electrons. The predicted molar refractivity (Wildman–Crippen MR) is 147 cm³/mol. The highest BCUT2D eigenvalue weighted by Crippen LogP contribution is 2.35. The molecular formula is C29H22FN7O7. The molecule has 3 N–H and O–H groups in total. The van der Waals surface area contributed by atoms with Gasteiger partial charge in [0.15, 0.2) is 23.9 Å². The van der Waals surface area contributed by atoms with Crippen LogP contribution in [0.4, 0.5) is 4.39 Å². The standard InChI is InChI=1S/C29H22FN7O7/c1-13-15-5-6-19(17(15)4-3-16(13)28(40)41)34-27(39)22-9-20(33-25-18(30)11-32-37(22)25)26(38)31-10-14-2-7-23-21(8-14)36-24(12-43-23)35-44-29(36)42/h2-4,7-9,11,19H,5-6,10,12H2,1H3,(H,31,38)(H,34,39)(H,40,41)/t19-/m0/s1. The maximum Gasteiger partial charge on any atom is 0.446 e. The summed E-state index contributed by atoms with van der Waals surface area (Å²) in [7, 11) is 0. The highest BCUT2D eigenvalue weighted by atomic mass is 19.1. The molecule has 0 saturated carbocycles. The first-order chi connectivity index (χ1) is 21.2. The van der Waals surface area contributed by atoms with Crippen LogP contribution in [0.25, 0.3) is 11.3 Å². The fraction of sp³-hybridized carbons (Fsp3) is 0.207. The molecule has 0 unspecified atom stereocenters. The molecule has 2 aliphatic rings. The van der Waals surface area contributed by atoms with E-state index >= 15 is 0 Å². The number of fused-ring (bicyclic) bond motifs is 5. The molecule has 15 heteroatoms. The second-order valence-electron chi connectivity index (χ2n) is 10.4. The van der Waals surface area contributed by atoms with Crippen molar-refractivity contribution in [3.63, 3.8) is 0 Å². The first-order valence-electron chi connectivity index (χ1n) is 13.5. The SMILES string of the molecule is Cc1c(C(=O)O)ccc2c1CC[C@@H]2NC(=O)c1cc(C(=O)NCc2ccc3c(c2)-n2c(noc2=O)CO3)nc2c(F)cnn12. The predicted octanol–water partition coefficient (Wildman–Crippen LogP) is 2.25. The van der Waals surface area contributed by atoms with E-state index in [0.717, 1.165) is 21.8 Å². The number of aromatic nitrogens is 5. The number of carbonyl (C=O) groups is 3. The Bertz CT molecular complexity index is 2100. The van der Waals surface area contributed by atoms with Crippen LogP contribution in [0.15, 0.2) is 51.9 Å². The molecule has 1 aliphatic carbocycles.